The summed E-state index contributed by atoms with van der Waals surface area (Å²) in [5.74, 6) is 0. The molecule has 5 heteroatoms. The summed E-state index contributed by atoms with van der Waals surface area (Å²) < 4.78 is 17.6. The molecule has 0 saturated carbocycles. The summed E-state index contributed by atoms with van der Waals surface area (Å²) in [4.78, 5) is 0. The highest BCUT2D eigenvalue weighted by Gasteiger charge is 1.49. The second-order valence-corrected chi connectivity index (χ2v) is 1.69. The molecule has 0 spiro atoms. The number of thiol groups is 1. The van der Waals surface area contributed by atoms with Gasteiger partial charge in [-0.15, -0.1) is 0 Å². The SMILES string of the molecule is CC#N.O=[SH](=O)Cl. The monoisotopic (exact) mass is 141 g/mol. The summed E-state index contributed by atoms with van der Waals surface area (Å²) in [6, 6.07) is 1.75. The lowest BCUT2D eigenvalue weighted by Gasteiger charge is -1.37. The van der Waals surface area contributed by atoms with E-state index < -0.39 is 9.92 Å². The molecule has 0 atom stereocenters. The van der Waals surface area contributed by atoms with Gasteiger partial charge in [0.25, 0.3) is 0 Å². The van der Waals surface area contributed by atoms with Crippen LogP contribution in [0.25, 0.3) is 0 Å². The van der Waals surface area contributed by atoms with Crippen molar-refractivity contribution in [3.63, 3.8) is 0 Å². The van der Waals surface area contributed by atoms with Crippen LogP contribution in [0.4, 0.5) is 0 Å². The summed E-state index contributed by atoms with van der Waals surface area (Å²) in [6.45, 7) is 1.43. The molecule has 0 aromatic rings. The van der Waals surface area contributed by atoms with E-state index in [9.17, 15) is 0 Å². The number of halogens is 1. The van der Waals surface area contributed by atoms with Gasteiger partial charge in [0.15, 0.2) is 0 Å². The van der Waals surface area contributed by atoms with Crippen LogP contribution in [0.15, 0.2) is 0 Å². The summed E-state index contributed by atoms with van der Waals surface area (Å²) in [5.41, 5.74) is 0. The van der Waals surface area contributed by atoms with Crippen LogP contribution in [0.1, 0.15) is 6.92 Å². The summed E-state index contributed by atoms with van der Waals surface area (Å²) in [6.07, 6.45) is 0. The number of hydrogen-bond acceptors (Lipinski definition) is 3. The maximum atomic E-state index is 8.80. The van der Waals surface area contributed by atoms with Crippen LogP contribution in [0.3, 0.4) is 0 Å². The van der Waals surface area contributed by atoms with E-state index in [0.717, 1.165) is 0 Å². The van der Waals surface area contributed by atoms with E-state index >= 15 is 0 Å². The molecule has 0 amide bonds. The van der Waals surface area contributed by atoms with Gasteiger partial charge in [-0.05, 0) is 0 Å². The Balaban J connectivity index is 0. The van der Waals surface area contributed by atoms with Crippen molar-refractivity contribution in [1.29, 1.82) is 5.26 Å². The van der Waals surface area contributed by atoms with Gasteiger partial charge in [0.1, 0.15) is 0 Å². The zero-order valence-electron chi connectivity index (χ0n) is 3.59. The van der Waals surface area contributed by atoms with Crippen LogP contribution in [0.5, 0.6) is 0 Å². The van der Waals surface area contributed by atoms with Crippen molar-refractivity contribution >= 4 is 20.6 Å². The van der Waals surface area contributed by atoms with E-state index in [1.807, 2.05) is 0 Å². The smallest absolute Gasteiger partial charge is 0.215 e. The second-order valence-electron chi connectivity index (χ2n) is 0.436. The lowest BCUT2D eigenvalue weighted by atomic mass is 11.0. The van der Waals surface area contributed by atoms with Gasteiger partial charge in [0, 0.05) is 17.6 Å². The maximum Gasteiger partial charge on any atom is 0.222 e. The third-order valence-electron chi connectivity index (χ3n) is 0. The summed E-state index contributed by atoms with van der Waals surface area (Å²) in [5, 5.41) is 7.32. The van der Waals surface area contributed by atoms with Gasteiger partial charge in [-0.25, -0.2) is 8.42 Å². The number of hydrogen-bond donors (Lipinski definition) is 1. The molecule has 0 unspecified atom stereocenters. The minimum Gasteiger partial charge on any atom is -0.215 e. The highest BCUT2D eigenvalue weighted by Crippen LogP contribution is 1.61. The van der Waals surface area contributed by atoms with Gasteiger partial charge >= 0.3 is 0 Å². The molecule has 0 aliphatic carbocycles. The molecule has 0 aromatic heterocycles. The zero-order valence-corrected chi connectivity index (χ0v) is 5.24. The van der Waals surface area contributed by atoms with Crippen LogP contribution in [0, 0.1) is 11.3 Å². The second kappa shape index (κ2) is 9.21. The quantitative estimate of drug-likeness (QED) is 0.390. The molecule has 0 bridgehead atoms. The van der Waals surface area contributed by atoms with Crippen molar-refractivity contribution in [2.24, 2.45) is 0 Å². The van der Waals surface area contributed by atoms with Crippen LogP contribution in [-0.2, 0) is 9.92 Å². The average molecular weight is 142 g/mol. The van der Waals surface area contributed by atoms with Gasteiger partial charge in [0.05, 0.1) is 6.07 Å². The first-order valence-electron chi connectivity index (χ1n) is 1.26. The molecule has 0 N–H and O–H groups in total. The van der Waals surface area contributed by atoms with Crippen LogP contribution < -0.4 is 0 Å². The van der Waals surface area contributed by atoms with Crippen molar-refractivity contribution in [3.8, 4) is 6.07 Å². The van der Waals surface area contributed by atoms with Crippen molar-refractivity contribution in [1.82, 2.24) is 0 Å². The molecule has 0 saturated heterocycles. The molecule has 0 aliphatic rings. The van der Waals surface area contributed by atoms with Crippen LogP contribution in [-0.4, -0.2) is 8.42 Å². The topological polar surface area (TPSA) is 57.9 Å². The van der Waals surface area contributed by atoms with Crippen LogP contribution in [0.2, 0.25) is 0 Å². The normalized spacial score (nSPS) is 6.00. The van der Waals surface area contributed by atoms with E-state index in [1.165, 1.54) is 6.92 Å². The fraction of sp³-hybridized carbons (Fsp3) is 0.500. The summed E-state index contributed by atoms with van der Waals surface area (Å²) >= 11 is 0. The number of rotatable bonds is 0. The minimum absolute atomic E-state index is 1.43. The van der Waals surface area contributed by atoms with Crippen molar-refractivity contribution in [3.05, 3.63) is 0 Å². The highest BCUT2D eigenvalue weighted by atomic mass is 35.7. The number of nitriles is 1. The molecular formula is C2H4ClNO2S. The molecule has 42 valence electrons. The van der Waals surface area contributed by atoms with Gasteiger partial charge < -0.3 is 0 Å². The van der Waals surface area contributed by atoms with Crippen molar-refractivity contribution in [2.75, 3.05) is 0 Å². The fourth-order valence-electron chi connectivity index (χ4n) is 0. The first-order valence-corrected chi connectivity index (χ1v) is 3.34. The van der Waals surface area contributed by atoms with E-state index in [2.05, 4.69) is 10.7 Å². The molecule has 0 fully saturated rings. The molecule has 0 aliphatic heterocycles. The Bertz CT molecular complexity index is 116. The van der Waals surface area contributed by atoms with Crippen molar-refractivity contribution < 1.29 is 8.42 Å². The minimum atomic E-state index is -2.65. The van der Waals surface area contributed by atoms with Gasteiger partial charge in [-0.2, -0.15) is 5.26 Å². The fourth-order valence-corrected chi connectivity index (χ4v) is 0. The lowest BCUT2D eigenvalue weighted by molar-refractivity contribution is 0.626. The Hall–Kier alpha value is -0.270. The molecule has 3 nitrogen and oxygen atoms in total. The first-order chi connectivity index (χ1) is 3.15. The van der Waals surface area contributed by atoms with E-state index in [1.54, 1.807) is 6.07 Å². The Morgan fingerprint density at radius 3 is 1.71 bits per heavy atom. The summed E-state index contributed by atoms with van der Waals surface area (Å²) in [7, 11) is 1.58. The Morgan fingerprint density at radius 2 is 1.71 bits per heavy atom. The average Bonchev–Trinajstić information content (AvgIpc) is 1.33. The van der Waals surface area contributed by atoms with Gasteiger partial charge in [0.2, 0.25) is 9.92 Å². The Kier molecular flexibility index (Phi) is 13.0. The van der Waals surface area contributed by atoms with E-state index in [-0.39, 0.29) is 0 Å². The van der Waals surface area contributed by atoms with Gasteiger partial charge in [-0.1, -0.05) is 0 Å². The molecule has 7 heavy (non-hydrogen) atoms. The van der Waals surface area contributed by atoms with Crippen LogP contribution >= 0.6 is 10.7 Å². The lowest BCUT2D eigenvalue weighted by Crippen LogP contribution is -1.41. The third kappa shape index (κ3) is 1090. The van der Waals surface area contributed by atoms with E-state index in [0.29, 0.717) is 0 Å². The molecular weight excluding hydrogens is 138 g/mol. The largest absolute Gasteiger partial charge is 0.222 e. The number of nitrogens with zero attached hydrogens (tertiary/aromatic N) is 1. The zero-order chi connectivity index (χ0) is 6.28. The predicted molar refractivity (Wildman–Crippen MR) is 27.5 cm³/mol. The Morgan fingerprint density at radius 1 is 1.71 bits per heavy atom. The first kappa shape index (κ1) is 9.88. The molecule has 0 rings (SSSR count). The maximum absolute atomic E-state index is 8.80. The standard InChI is InChI=1S/C2H3N.ClHO2S/c1-2-3;1-4(2)3/h1H3;4H. The molecule has 0 aromatic carbocycles. The third-order valence-corrected chi connectivity index (χ3v) is 0. The molecule has 0 heterocycles. The highest BCUT2D eigenvalue weighted by molar-refractivity contribution is 7.98. The van der Waals surface area contributed by atoms with Gasteiger partial charge in [-0.3, -0.25) is 0 Å². The molecule has 0 radical (unpaired) electrons. The Labute approximate surface area is 48.0 Å². The van der Waals surface area contributed by atoms with E-state index in [4.69, 9.17) is 13.7 Å². The predicted octanol–water partition coefficient (Wildman–Crippen LogP) is 0.281. The van der Waals surface area contributed by atoms with Crippen molar-refractivity contribution in [2.45, 2.75) is 6.92 Å².